The van der Waals surface area contributed by atoms with Crippen LogP contribution in [0.15, 0.2) is 30.3 Å². The molecular weight excluding hydrogens is 254 g/mol. The van der Waals surface area contributed by atoms with Crippen LogP contribution in [-0.2, 0) is 9.53 Å². The Morgan fingerprint density at radius 2 is 1.85 bits per heavy atom. The van der Waals surface area contributed by atoms with Crippen molar-refractivity contribution < 1.29 is 19.2 Å². The summed E-state index contributed by atoms with van der Waals surface area (Å²) in [5, 5.41) is 0. The number of likely N-dealkylation sites (N-methyl/N-ethyl adjacent to an activating group) is 1. The number of rotatable bonds is 8. The normalized spacial score (nSPS) is 11.0. The van der Waals surface area contributed by atoms with Gasteiger partial charge >= 0.3 is 5.97 Å². The van der Waals surface area contributed by atoms with E-state index in [1.165, 1.54) is 11.0 Å². The van der Waals surface area contributed by atoms with E-state index in [-0.39, 0.29) is 5.97 Å². The molecule has 0 atom stereocenters. The SMILES string of the molecule is CC[NH+](CC)CCOC(=O)/C=C/c1ccc(OC)cc1. The Bertz CT molecular complexity index is 422. The first kappa shape index (κ1) is 16.2. The number of carbonyl (C=O) groups excluding carboxylic acids is 1. The molecule has 1 N–H and O–H groups in total. The molecule has 4 heteroatoms. The second kappa shape index (κ2) is 9.15. The quantitative estimate of drug-likeness (QED) is 0.573. The van der Waals surface area contributed by atoms with Gasteiger partial charge in [0.1, 0.15) is 18.9 Å². The number of nitrogens with one attached hydrogen (secondary N) is 1. The Hall–Kier alpha value is -1.81. The summed E-state index contributed by atoms with van der Waals surface area (Å²) < 4.78 is 10.2. The standard InChI is InChI=1S/C16H23NO3/c1-4-17(5-2)12-13-20-16(18)11-8-14-6-9-15(19-3)10-7-14/h6-11H,4-5,12-13H2,1-3H3/p+1/b11-8+. The molecule has 1 rings (SSSR count). The van der Waals surface area contributed by atoms with E-state index >= 15 is 0 Å². The molecule has 4 nitrogen and oxygen atoms in total. The average Bonchev–Trinajstić information content (AvgIpc) is 2.50. The van der Waals surface area contributed by atoms with E-state index in [1.54, 1.807) is 13.2 Å². The van der Waals surface area contributed by atoms with Crippen molar-refractivity contribution in [2.75, 3.05) is 33.4 Å². The Kier molecular flexibility index (Phi) is 7.43. The van der Waals surface area contributed by atoms with Crippen molar-refractivity contribution >= 4 is 12.0 Å². The Balaban J connectivity index is 2.35. The summed E-state index contributed by atoms with van der Waals surface area (Å²) in [6.45, 7) is 7.68. The topological polar surface area (TPSA) is 40.0 Å². The van der Waals surface area contributed by atoms with E-state index < -0.39 is 0 Å². The number of hydrogen-bond donors (Lipinski definition) is 1. The van der Waals surface area contributed by atoms with Gasteiger partial charge in [0.15, 0.2) is 0 Å². The number of carbonyl (C=O) groups is 1. The highest BCUT2D eigenvalue weighted by atomic mass is 16.5. The van der Waals surface area contributed by atoms with Crippen LogP contribution in [0, 0.1) is 0 Å². The van der Waals surface area contributed by atoms with Crippen molar-refractivity contribution in [3.05, 3.63) is 35.9 Å². The van der Waals surface area contributed by atoms with E-state index in [9.17, 15) is 4.79 Å². The van der Waals surface area contributed by atoms with Gasteiger partial charge in [-0.3, -0.25) is 0 Å². The number of hydrogen-bond acceptors (Lipinski definition) is 3. The molecule has 0 aliphatic carbocycles. The highest BCUT2D eigenvalue weighted by molar-refractivity contribution is 5.87. The number of quaternary nitrogens is 1. The van der Waals surface area contributed by atoms with E-state index in [0.29, 0.717) is 6.61 Å². The van der Waals surface area contributed by atoms with E-state index in [2.05, 4.69) is 13.8 Å². The third-order valence-corrected chi connectivity index (χ3v) is 3.23. The van der Waals surface area contributed by atoms with Crippen molar-refractivity contribution in [2.24, 2.45) is 0 Å². The first-order valence-electron chi connectivity index (χ1n) is 7.02. The molecule has 0 radical (unpaired) electrons. The van der Waals surface area contributed by atoms with Gasteiger partial charge in [-0.25, -0.2) is 4.79 Å². The van der Waals surface area contributed by atoms with E-state index in [0.717, 1.165) is 30.9 Å². The van der Waals surface area contributed by atoms with Crippen molar-refractivity contribution in [1.82, 2.24) is 0 Å². The van der Waals surface area contributed by atoms with Crippen LogP contribution in [0.1, 0.15) is 19.4 Å². The minimum Gasteiger partial charge on any atom is -0.497 e. The zero-order valence-corrected chi connectivity index (χ0v) is 12.5. The summed E-state index contributed by atoms with van der Waals surface area (Å²) in [5.41, 5.74) is 0.942. The molecule has 1 aromatic carbocycles. The molecule has 110 valence electrons. The minimum atomic E-state index is -0.299. The highest BCUT2D eigenvalue weighted by Crippen LogP contribution is 2.12. The molecule has 0 spiro atoms. The zero-order chi connectivity index (χ0) is 14.8. The van der Waals surface area contributed by atoms with Gasteiger partial charge in [0.2, 0.25) is 0 Å². The second-order valence-corrected chi connectivity index (χ2v) is 4.48. The monoisotopic (exact) mass is 278 g/mol. The molecule has 20 heavy (non-hydrogen) atoms. The fraction of sp³-hybridized carbons (Fsp3) is 0.438. The summed E-state index contributed by atoms with van der Waals surface area (Å²) in [6.07, 6.45) is 3.20. The Labute approximate surface area is 121 Å². The average molecular weight is 278 g/mol. The van der Waals surface area contributed by atoms with Gasteiger partial charge in [0, 0.05) is 6.08 Å². The fourth-order valence-electron chi connectivity index (χ4n) is 1.83. The van der Waals surface area contributed by atoms with Crippen LogP contribution in [0.3, 0.4) is 0 Å². The maximum Gasteiger partial charge on any atom is 0.330 e. The van der Waals surface area contributed by atoms with Crippen molar-refractivity contribution in [3.63, 3.8) is 0 Å². The summed E-state index contributed by atoms with van der Waals surface area (Å²) in [5.74, 6) is 0.499. The predicted molar refractivity (Wildman–Crippen MR) is 79.9 cm³/mol. The number of esters is 1. The molecule has 0 saturated carbocycles. The van der Waals surface area contributed by atoms with E-state index in [1.807, 2.05) is 24.3 Å². The smallest absolute Gasteiger partial charge is 0.330 e. The third-order valence-electron chi connectivity index (χ3n) is 3.23. The Morgan fingerprint density at radius 1 is 1.20 bits per heavy atom. The summed E-state index contributed by atoms with van der Waals surface area (Å²) >= 11 is 0. The lowest BCUT2D eigenvalue weighted by molar-refractivity contribution is -0.896. The van der Waals surface area contributed by atoms with Crippen LogP contribution in [-0.4, -0.2) is 39.3 Å². The van der Waals surface area contributed by atoms with Gasteiger partial charge in [-0.2, -0.15) is 0 Å². The van der Waals surface area contributed by atoms with Crippen LogP contribution in [0.5, 0.6) is 5.75 Å². The van der Waals surface area contributed by atoms with Gasteiger partial charge in [-0.15, -0.1) is 0 Å². The lowest BCUT2D eigenvalue weighted by atomic mass is 10.2. The fourth-order valence-corrected chi connectivity index (χ4v) is 1.83. The summed E-state index contributed by atoms with van der Waals surface area (Å²) in [7, 11) is 1.63. The Morgan fingerprint density at radius 3 is 2.40 bits per heavy atom. The van der Waals surface area contributed by atoms with Crippen LogP contribution in [0.4, 0.5) is 0 Å². The number of ether oxygens (including phenoxy) is 2. The first-order valence-corrected chi connectivity index (χ1v) is 7.02. The lowest BCUT2D eigenvalue weighted by Gasteiger charge is -2.14. The summed E-state index contributed by atoms with van der Waals surface area (Å²) in [4.78, 5) is 13.0. The van der Waals surface area contributed by atoms with Crippen LogP contribution >= 0.6 is 0 Å². The molecular formula is C16H24NO3+. The van der Waals surface area contributed by atoms with Crippen molar-refractivity contribution in [2.45, 2.75) is 13.8 Å². The predicted octanol–water partition coefficient (Wildman–Crippen LogP) is 1.18. The van der Waals surface area contributed by atoms with Gasteiger partial charge < -0.3 is 14.4 Å². The zero-order valence-electron chi connectivity index (χ0n) is 12.5. The van der Waals surface area contributed by atoms with Crippen LogP contribution in [0.2, 0.25) is 0 Å². The summed E-state index contributed by atoms with van der Waals surface area (Å²) in [6, 6.07) is 7.49. The van der Waals surface area contributed by atoms with Gasteiger partial charge in [-0.1, -0.05) is 12.1 Å². The molecule has 0 aromatic heterocycles. The highest BCUT2D eigenvalue weighted by Gasteiger charge is 2.03. The van der Waals surface area contributed by atoms with Gasteiger partial charge in [0.05, 0.1) is 20.2 Å². The first-order chi connectivity index (χ1) is 9.69. The molecule has 0 amide bonds. The van der Waals surface area contributed by atoms with Crippen LogP contribution < -0.4 is 9.64 Å². The van der Waals surface area contributed by atoms with Crippen LogP contribution in [0.25, 0.3) is 6.08 Å². The maximum atomic E-state index is 11.6. The van der Waals surface area contributed by atoms with Gasteiger partial charge in [-0.05, 0) is 37.6 Å². The van der Waals surface area contributed by atoms with E-state index in [4.69, 9.17) is 9.47 Å². The maximum absolute atomic E-state index is 11.6. The molecule has 0 aliphatic heterocycles. The van der Waals surface area contributed by atoms with Crippen molar-refractivity contribution in [1.29, 1.82) is 0 Å². The molecule has 0 unspecified atom stereocenters. The molecule has 0 aliphatic rings. The third kappa shape index (κ3) is 5.89. The number of methoxy groups -OCH3 is 1. The molecule has 1 aromatic rings. The molecule has 0 bridgehead atoms. The largest absolute Gasteiger partial charge is 0.497 e. The molecule has 0 fully saturated rings. The van der Waals surface area contributed by atoms with Gasteiger partial charge in [0.25, 0.3) is 0 Å². The molecule has 0 saturated heterocycles. The lowest BCUT2D eigenvalue weighted by Crippen LogP contribution is -3.11. The second-order valence-electron chi connectivity index (χ2n) is 4.48. The minimum absolute atomic E-state index is 0.299. The molecule has 0 heterocycles. The number of benzene rings is 1. The van der Waals surface area contributed by atoms with Crippen molar-refractivity contribution in [3.8, 4) is 5.75 Å².